The molecule has 0 atom stereocenters. The van der Waals surface area contributed by atoms with Gasteiger partial charge in [0.1, 0.15) is 5.75 Å². The summed E-state index contributed by atoms with van der Waals surface area (Å²) in [6.45, 7) is 1.83. The summed E-state index contributed by atoms with van der Waals surface area (Å²) in [6.07, 6.45) is 0. The molecule has 0 saturated heterocycles. The Hall–Kier alpha value is -0.150. The highest BCUT2D eigenvalue weighted by molar-refractivity contribution is 9.10. The van der Waals surface area contributed by atoms with Gasteiger partial charge in [0, 0.05) is 14.9 Å². The Morgan fingerprint density at radius 3 is 2.60 bits per heavy atom. The van der Waals surface area contributed by atoms with E-state index < -0.39 is 0 Å². The first-order valence-electron chi connectivity index (χ1n) is 2.80. The molecule has 0 aliphatic carbocycles. The average Bonchev–Trinajstić information content (AvgIpc) is 1.93. The smallest absolute Gasteiger partial charge is 0.119 e. The van der Waals surface area contributed by atoms with E-state index in [2.05, 4.69) is 28.6 Å². The van der Waals surface area contributed by atoms with E-state index in [0.717, 1.165) is 14.9 Å². The third-order valence-corrected chi connectivity index (χ3v) is 3.04. The molecule has 0 bridgehead atoms. The summed E-state index contributed by atoms with van der Waals surface area (Å²) in [5, 5.41) is 9.16. The van der Waals surface area contributed by atoms with Crippen molar-refractivity contribution in [2.75, 3.05) is 0 Å². The van der Waals surface area contributed by atoms with Crippen LogP contribution in [0.1, 0.15) is 5.56 Å². The van der Waals surface area contributed by atoms with E-state index in [4.69, 9.17) is 5.11 Å². The molecule has 54 valence electrons. The largest absolute Gasteiger partial charge is 0.508 e. The van der Waals surface area contributed by atoms with Crippen LogP contribution in [0.3, 0.4) is 0 Å². The summed E-state index contributed by atoms with van der Waals surface area (Å²) in [5.41, 5.74) is 0.826. The lowest BCUT2D eigenvalue weighted by molar-refractivity contribution is 0.470. The third kappa shape index (κ3) is 1.30. The van der Waals surface area contributed by atoms with Crippen molar-refractivity contribution in [2.45, 2.75) is 11.8 Å². The van der Waals surface area contributed by atoms with Crippen LogP contribution in [-0.4, -0.2) is 5.11 Å². The lowest BCUT2D eigenvalue weighted by Gasteiger charge is -2.02. The van der Waals surface area contributed by atoms with Crippen molar-refractivity contribution in [1.29, 1.82) is 0 Å². The second kappa shape index (κ2) is 2.84. The number of hydrogen-bond acceptors (Lipinski definition) is 2. The summed E-state index contributed by atoms with van der Waals surface area (Å²) >= 11 is 7.45. The maximum Gasteiger partial charge on any atom is 0.119 e. The third-order valence-electron chi connectivity index (χ3n) is 1.34. The average molecular weight is 219 g/mol. The van der Waals surface area contributed by atoms with Crippen LogP contribution in [0.15, 0.2) is 21.5 Å². The van der Waals surface area contributed by atoms with Crippen molar-refractivity contribution in [3.05, 3.63) is 22.2 Å². The minimum absolute atomic E-state index is 0.296. The van der Waals surface area contributed by atoms with Crippen molar-refractivity contribution >= 4 is 28.6 Å². The van der Waals surface area contributed by atoms with Gasteiger partial charge in [0.25, 0.3) is 0 Å². The predicted octanol–water partition coefficient (Wildman–Crippen LogP) is 2.75. The monoisotopic (exact) mass is 218 g/mol. The van der Waals surface area contributed by atoms with Gasteiger partial charge in [-0.3, -0.25) is 0 Å². The Morgan fingerprint density at radius 1 is 1.50 bits per heavy atom. The Kier molecular flexibility index (Phi) is 2.26. The van der Waals surface area contributed by atoms with E-state index >= 15 is 0 Å². The van der Waals surface area contributed by atoms with Crippen LogP contribution in [0.4, 0.5) is 0 Å². The molecule has 0 spiro atoms. The molecule has 0 aliphatic rings. The highest BCUT2D eigenvalue weighted by Crippen LogP contribution is 2.30. The van der Waals surface area contributed by atoms with Crippen molar-refractivity contribution < 1.29 is 5.11 Å². The van der Waals surface area contributed by atoms with E-state index in [1.54, 1.807) is 12.1 Å². The van der Waals surface area contributed by atoms with E-state index in [1.807, 2.05) is 6.92 Å². The molecule has 0 fully saturated rings. The zero-order valence-corrected chi connectivity index (χ0v) is 7.91. The fraction of sp³-hybridized carbons (Fsp3) is 0.143. The second-order valence-corrected chi connectivity index (χ2v) is 3.32. The predicted molar refractivity (Wildman–Crippen MR) is 47.8 cm³/mol. The maximum absolute atomic E-state index is 9.16. The van der Waals surface area contributed by atoms with Crippen LogP contribution in [-0.2, 0) is 0 Å². The molecular weight excluding hydrogens is 212 g/mol. The molecule has 0 heterocycles. The molecule has 1 N–H and O–H groups in total. The molecule has 0 aliphatic heterocycles. The number of hydrogen-bond donors (Lipinski definition) is 2. The maximum atomic E-state index is 9.16. The van der Waals surface area contributed by atoms with Gasteiger partial charge in [-0.25, -0.2) is 0 Å². The minimum atomic E-state index is 0.296. The van der Waals surface area contributed by atoms with E-state index in [9.17, 15) is 0 Å². The fourth-order valence-corrected chi connectivity index (χ4v) is 1.24. The molecule has 0 saturated carbocycles. The van der Waals surface area contributed by atoms with Crippen LogP contribution in [0.5, 0.6) is 5.75 Å². The zero-order valence-electron chi connectivity index (χ0n) is 5.43. The number of aromatic hydroxyl groups is 1. The molecule has 10 heavy (non-hydrogen) atoms. The summed E-state index contributed by atoms with van der Waals surface area (Å²) in [4.78, 5) is 0.843. The quantitative estimate of drug-likeness (QED) is 0.643. The molecule has 0 amide bonds. The number of phenolic OH excluding ortho intramolecular Hbond substituents is 1. The van der Waals surface area contributed by atoms with Gasteiger partial charge in [-0.05, 0) is 35.0 Å². The fourth-order valence-electron chi connectivity index (χ4n) is 0.661. The van der Waals surface area contributed by atoms with Crippen molar-refractivity contribution in [3.63, 3.8) is 0 Å². The molecule has 1 rings (SSSR count). The van der Waals surface area contributed by atoms with Gasteiger partial charge >= 0.3 is 0 Å². The molecule has 3 heteroatoms. The first kappa shape index (κ1) is 7.95. The SMILES string of the molecule is Cc1c(O)ccc(S)c1Br. The number of phenols is 1. The standard InChI is InChI=1S/C7H7BrOS/c1-4-5(9)2-3-6(10)7(4)8/h2-3,9-10H,1H3. The normalized spacial score (nSPS) is 9.90. The number of benzene rings is 1. The van der Waals surface area contributed by atoms with Crippen molar-refractivity contribution in [3.8, 4) is 5.75 Å². The summed E-state index contributed by atoms with van der Waals surface area (Å²) in [5.74, 6) is 0.296. The Labute approximate surface area is 73.6 Å². The molecule has 0 unspecified atom stereocenters. The van der Waals surface area contributed by atoms with Crippen LogP contribution in [0.2, 0.25) is 0 Å². The number of halogens is 1. The van der Waals surface area contributed by atoms with Gasteiger partial charge in [0.2, 0.25) is 0 Å². The molecular formula is C7H7BrOS. The lowest BCUT2D eigenvalue weighted by atomic mass is 10.2. The zero-order chi connectivity index (χ0) is 7.72. The molecule has 1 aromatic rings. The Bertz CT molecular complexity index is 233. The first-order chi connectivity index (χ1) is 4.63. The van der Waals surface area contributed by atoms with Crippen molar-refractivity contribution in [2.24, 2.45) is 0 Å². The van der Waals surface area contributed by atoms with Gasteiger partial charge < -0.3 is 5.11 Å². The Balaban J connectivity index is 3.34. The Morgan fingerprint density at radius 2 is 2.10 bits per heavy atom. The molecule has 0 radical (unpaired) electrons. The van der Waals surface area contributed by atoms with Gasteiger partial charge in [-0.1, -0.05) is 0 Å². The highest BCUT2D eigenvalue weighted by atomic mass is 79.9. The van der Waals surface area contributed by atoms with Gasteiger partial charge in [0.15, 0.2) is 0 Å². The molecule has 0 aromatic heterocycles. The highest BCUT2D eigenvalue weighted by Gasteiger charge is 2.02. The lowest BCUT2D eigenvalue weighted by Crippen LogP contribution is -1.78. The van der Waals surface area contributed by atoms with Crippen LogP contribution in [0, 0.1) is 6.92 Å². The van der Waals surface area contributed by atoms with Gasteiger partial charge in [-0.2, -0.15) is 0 Å². The van der Waals surface area contributed by atoms with Crippen LogP contribution in [0.25, 0.3) is 0 Å². The minimum Gasteiger partial charge on any atom is -0.508 e. The van der Waals surface area contributed by atoms with E-state index in [1.165, 1.54) is 0 Å². The number of rotatable bonds is 0. The van der Waals surface area contributed by atoms with E-state index in [0.29, 0.717) is 5.75 Å². The summed E-state index contributed by atoms with van der Waals surface area (Å²) < 4.78 is 0.857. The van der Waals surface area contributed by atoms with Crippen molar-refractivity contribution in [1.82, 2.24) is 0 Å². The first-order valence-corrected chi connectivity index (χ1v) is 4.04. The van der Waals surface area contributed by atoms with E-state index in [-0.39, 0.29) is 0 Å². The molecule has 1 nitrogen and oxygen atoms in total. The molecule has 1 aromatic carbocycles. The topological polar surface area (TPSA) is 20.2 Å². The summed E-state index contributed by atoms with van der Waals surface area (Å²) in [6, 6.07) is 3.37. The van der Waals surface area contributed by atoms with Gasteiger partial charge in [0.05, 0.1) is 0 Å². The van der Waals surface area contributed by atoms with Gasteiger partial charge in [-0.15, -0.1) is 12.6 Å². The van der Waals surface area contributed by atoms with Crippen LogP contribution >= 0.6 is 28.6 Å². The second-order valence-electron chi connectivity index (χ2n) is 2.04. The number of thiol groups is 1. The summed E-state index contributed by atoms with van der Waals surface area (Å²) in [7, 11) is 0. The van der Waals surface area contributed by atoms with Crippen LogP contribution < -0.4 is 0 Å².